The molecule has 0 atom stereocenters. The van der Waals surface area contributed by atoms with Crippen molar-refractivity contribution in [2.45, 2.75) is 20.4 Å². The first kappa shape index (κ1) is 9.58. The van der Waals surface area contributed by atoms with Gasteiger partial charge in [0.2, 0.25) is 0 Å². The molecular weight excluding hydrogens is 166 g/mol. The van der Waals surface area contributed by atoms with Gasteiger partial charge in [-0.25, -0.2) is 4.79 Å². The maximum Gasteiger partial charge on any atom is 0.352 e. The molecule has 3 heteroatoms. The van der Waals surface area contributed by atoms with Crippen molar-refractivity contribution in [1.82, 2.24) is 4.57 Å². The average molecular weight is 179 g/mol. The summed E-state index contributed by atoms with van der Waals surface area (Å²) in [5.41, 5.74) is 1.32. The van der Waals surface area contributed by atoms with Crippen LogP contribution in [0.2, 0.25) is 0 Å². The zero-order valence-electron chi connectivity index (χ0n) is 7.82. The van der Waals surface area contributed by atoms with E-state index in [1.54, 1.807) is 10.6 Å². The summed E-state index contributed by atoms with van der Waals surface area (Å²) >= 11 is 0. The number of carboxylic acids is 1. The Bertz CT molecular complexity index is 337. The number of carboxylic acid groups (broad SMARTS) is 1. The van der Waals surface area contributed by atoms with Gasteiger partial charge in [-0.1, -0.05) is 12.2 Å². The molecule has 3 nitrogen and oxygen atoms in total. The summed E-state index contributed by atoms with van der Waals surface area (Å²) in [5, 5.41) is 8.83. The third-order valence-electron chi connectivity index (χ3n) is 1.79. The number of rotatable bonds is 3. The lowest BCUT2D eigenvalue weighted by Crippen LogP contribution is -2.06. The first-order valence-corrected chi connectivity index (χ1v) is 4.16. The monoisotopic (exact) mass is 179 g/mol. The van der Waals surface area contributed by atoms with Crippen LogP contribution >= 0.6 is 0 Å². The average Bonchev–Trinajstić information content (AvgIpc) is 2.43. The summed E-state index contributed by atoms with van der Waals surface area (Å²) in [5.74, 6) is -0.877. The predicted octanol–water partition coefficient (Wildman–Crippen LogP) is 2.07. The summed E-state index contributed by atoms with van der Waals surface area (Å²) in [6.45, 7) is 4.42. The van der Waals surface area contributed by atoms with Gasteiger partial charge in [0.25, 0.3) is 0 Å². The molecule has 0 aliphatic carbocycles. The minimum Gasteiger partial charge on any atom is -0.477 e. The van der Waals surface area contributed by atoms with Crippen LogP contribution in [0.4, 0.5) is 0 Å². The van der Waals surface area contributed by atoms with E-state index in [9.17, 15) is 4.79 Å². The van der Waals surface area contributed by atoms with Gasteiger partial charge in [0.05, 0.1) is 0 Å². The maximum atomic E-state index is 10.8. The summed E-state index contributed by atoms with van der Waals surface area (Å²) in [6.07, 6.45) is 5.66. The molecule has 0 fully saturated rings. The molecule has 0 saturated carbocycles. The van der Waals surface area contributed by atoms with E-state index in [1.807, 2.05) is 32.2 Å². The van der Waals surface area contributed by atoms with Crippen molar-refractivity contribution in [3.63, 3.8) is 0 Å². The molecule has 13 heavy (non-hydrogen) atoms. The third-order valence-corrected chi connectivity index (χ3v) is 1.79. The van der Waals surface area contributed by atoms with Gasteiger partial charge in [0.1, 0.15) is 5.69 Å². The standard InChI is InChI=1S/C10H13NO2/c1-3-4-5-11-7-8(2)6-9(11)10(12)13/h3-4,6-7H,5H2,1-2H3,(H,12,13). The smallest absolute Gasteiger partial charge is 0.352 e. The SMILES string of the molecule is CC=CCn1cc(C)cc1C(=O)O. The third kappa shape index (κ3) is 2.21. The van der Waals surface area contributed by atoms with Crippen LogP contribution in [0.5, 0.6) is 0 Å². The van der Waals surface area contributed by atoms with Gasteiger partial charge < -0.3 is 9.67 Å². The molecule has 0 unspecified atom stereocenters. The molecule has 1 aromatic rings. The van der Waals surface area contributed by atoms with Gasteiger partial charge >= 0.3 is 5.97 Å². The van der Waals surface area contributed by atoms with E-state index in [0.29, 0.717) is 12.2 Å². The van der Waals surface area contributed by atoms with Crippen LogP contribution in [0.3, 0.4) is 0 Å². The Hall–Kier alpha value is -1.51. The van der Waals surface area contributed by atoms with Gasteiger partial charge in [-0.15, -0.1) is 0 Å². The topological polar surface area (TPSA) is 42.2 Å². The molecule has 0 spiro atoms. The normalized spacial score (nSPS) is 10.9. The molecule has 0 amide bonds. The van der Waals surface area contributed by atoms with Gasteiger partial charge in [-0.2, -0.15) is 0 Å². The Morgan fingerprint density at radius 3 is 2.92 bits per heavy atom. The second kappa shape index (κ2) is 3.94. The van der Waals surface area contributed by atoms with Crippen molar-refractivity contribution in [2.75, 3.05) is 0 Å². The fourth-order valence-electron chi connectivity index (χ4n) is 1.21. The number of hydrogen-bond acceptors (Lipinski definition) is 1. The highest BCUT2D eigenvalue weighted by Crippen LogP contribution is 2.07. The van der Waals surface area contributed by atoms with Crippen LogP contribution < -0.4 is 0 Å². The van der Waals surface area contributed by atoms with E-state index < -0.39 is 5.97 Å². The highest BCUT2D eigenvalue weighted by atomic mass is 16.4. The van der Waals surface area contributed by atoms with Gasteiger partial charge in [0.15, 0.2) is 0 Å². The first-order chi connectivity index (χ1) is 6.15. The molecule has 0 aliphatic heterocycles. The van der Waals surface area contributed by atoms with Crippen molar-refractivity contribution in [1.29, 1.82) is 0 Å². The van der Waals surface area contributed by atoms with Crippen molar-refractivity contribution in [2.24, 2.45) is 0 Å². The Labute approximate surface area is 77.3 Å². The van der Waals surface area contributed by atoms with Gasteiger partial charge in [-0.3, -0.25) is 0 Å². The number of aryl methyl sites for hydroxylation is 1. The Morgan fingerprint density at radius 1 is 1.69 bits per heavy atom. The van der Waals surface area contributed by atoms with Crippen molar-refractivity contribution >= 4 is 5.97 Å². The lowest BCUT2D eigenvalue weighted by molar-refractivity contribution is 0.0686. The minimum absolute atomic E-state index is 0.343. The van der Waals surface area contributed by atoms with Gasteiger partial charge in [-0.05, 0) is 25.5 Å². The molecule has 1 rings (SSSR count). The Balaban J connectivity index is 2.97. The molecule has 0 bridgehead atoms. The zero-order chi connectivity index (χ0) is 9.84. The van der Waals surface area contributed by atoms with E-state index in [1.165, 1.54) is 0 Å². The number of hydrogen-bond donors (Lipinski definition) is 1. The maximum absolute atomic E-state index is 10.8. The molecule has 0 saturated heterocycles. The summed E-state index contributed by atoms with van der Waals surface area (Å²) < 4.78 is 1.72. The second-order valence-electron chi connectivity index (χ2n) is 2.93. The van der Waals surface area contributed by atoms with Crippen LogP contribution in [-0.2, 0) is 6.54 Å². The van der Waals surface area contributed by atoms with E-state index in [2.05, 4.69) is 0 Å². The van der Waals surface area contributed by atoms with Crippen molar-refractivity contribution in [3.8, 4) is 0 Å². The number of aromatic nitrogens is 1. The van der Waals surface area contributed by atoms with Crippen LogP contribution in [0.15, 0.2) is 24.4 Å². The van der Waals surface area contributed by atoms with Crippen molar-refractivity contribution in [3.05, 3.63) is 35.7 Å². The highest BCUT2D eigenvalue weighted by molar-refractivity contribution is 5.86. The molecule has 0 aliphatic rings. The fourth-order valence-corrected chi connectivity index (χ4v) is 1.21. The summed E-state index contributed by atoms with van der Waals surface area (Å²) in [6, 6.07) is 1.67. The van der Waals surface area contributed by atoms with Crippen LogP contribution in [0.25, 0.3) is 0 Å². The predicted molar refractivity (Wildman–Crippen MR) is 50.9 cm³/mol. The van der Waals surface area contributed by atoms with E-state index >= 15 is 0 Å². The lowest BCUT2D eigenvalue weighted by atomic mass is 10.3. The molecule has 0 aromatic carbocycles. The van der Waals surface area contributed by atoms with Gasteiger partial charge in [0, 0.05) is 12.7 Å². The number of carbonyl (C=O) groups is 1. The Kier molecular flexibility index (Phi) is 2.90. The minimum atomic E-state index is -0.877. The van der Waals surface area contributed by atoms with Crippen LogP contribution in [-0.4, -0.2) is 15.6 Å². The first-order valence-electron chi connectivity index (χ1n) is 4.16. The summed E-state index contributed by atoms with van der Waals surface area (Å²) in [7, 11) is 0. The van der Waals surface area contributed by atoms with Crippen LogP contribution in [0.1, 0.15) is 23.0 Å². The number of nitrogens with zero attached hydrogens (tertiary/aromatic N) is 1. The number of aromatic carboxylic acids is 1. The Morgan fingerprint density at radius 2 is 2.38 bits per heavy atom. The number of allylic oxidation sites excluding steroid dienone is 2. The highest BCUT2D eigenvalue weighted by Gasteiger charge is 2.08. The molecule has 1 heterocycles. The zero-order valence-corrected chi connectivity index (χ0v) is 7.82. The molecular formula is C10H13NO2. The molecule has 0 radical (unpaired) electrons. The summed E-state index contributed by atoms with van der Waals surface area (Å²) in [4.78, 5) is 10.8. The van der Waals surface area contributed by atoms with Crippen molar-refractivity contribution < 1.29 is 9.90 Å². The fraction of sp³-hybridized carbons (Fsp3) is 0.300. The second-order valence-corrected chi connectivity index (χ2v) is 2.93. The molecule has 70 valence electrons. The molecule has 1 aromatic heterocycles. The lowest BCUT2D eigenvalue weighted by Gasteiger charge is -2.00. The van der Waals surface area contributed by atoms with E-state index in [0.717, 1.165) is 5.56 Å². The quantitative estimate of drug-likeness (QED) is 0.722. The van der Waals surface area contributed by atoms with E-state index in [4.69, 9.17) is 5.11 Å². The van der Waals surface area contributed by atoms with Crippen LogP contribution in [0, 0.1) is 6.92 Å². The van der Waals surface area contributed by atoms with E-state index in [-0.39, 0.29) is 0 Å². The molecule has 1 N–H and O–H groups in total. The largest absolute Gasteiger partial charge is 0.477 e.